The second kappa shape index (κ2) is 7.11. The molecular weight excluding hydrogens is 270 g/mol. The van der Waals surface area contributed by atoms with Crippen LogP contribution >= 0.6 is 0 Å². The van der Waals surface area contributed by atoms with Crippen molar-refractivity contribution in [1.82, 2.24) is 5.32 Å². The predicted octanol–water partition coefficient (Wildman–Crippen LogP) is 0.881. The molecule has 1 N–H and O–H groups in total. The zero-order valence-electron chi connectivity index (χ0n) is 13.1. The summed E-state index contributed by atoms with van der Waals surface area (Å²) in [7, 11) is 0. The third-order valence-corrected chi connectivity index (χ3v) is 3.46. The number of aliphatic carboxylic acids is 1. The molecule has 0 spiro atoms. The first kappa shape index (κ1) is 17.0. The average Bonchev–Trinajstić information content (AvgIpc) is 2.39. The number of hydrogen-bond acceptors (Lipinski definition) is 4. The van der Waals surface area contributed by atoms with E-state index in [-0.39, 0.29) is 12.5 Å². The van der Waals surface area contributed by atoms with Gasteiger partial charge in [-0.2, -0.15) is 0 Å². The van der Waals surface area contributed by atoms with Crippen molar-refractivity contribution < 1.29 is 19.4 Å². The minimum atomic E-state index is -1.29. The van der Waals surface area contributed by atoms with Crippen LogP contribution in [0.4, 0.5) is 0 Å². The van der Waals surface area contributed by atoms with Crippen LogP contribution in [0.3, 0.4) is 0 Å². The quantitative estimate of drug-likeness (QED) is 0.844. The molecule has 0 aliphatic heterocycles. The Morgan fingerprint density at radius 2 is 1.76 bits per heavy atom. The van der Waals surface area contributed by atoms with Gasteiger partial charge in [0.15, 0.2) is 6.61 Å². The van der Waals surface area contributed by atoms with E-state index in [1.165, 1.54) is 0 Å². The zero-order valence-corrected chi connectivity index (χ0v) is 13.1. The topological polar surface area (TPSA) is 78.5 Å². The zero-order chi connectivity index (χ0) is 16.2. The van der Waals surface area contributed by atoms with E-state index < -0.39 is 17.9 Å². The number of hydrogen-bond donors (Lipinski definition) is 1. The molecule has 1 aromatic rings. The first-order valence-corrected chi connectivity index (χ1v) is 6.93. The number of nitrogens with one attached hydrogen (secondary N) is 1. The number of carboxylic acids is 1. The smallest absolute Gasteiger partial charge is 0.258 e. The van der Waals surface area contributed by atoms with Gasteiger partial charge < -0.3 is 20.0 Å². The Kier molecular flexibility index (Phi) is 5.76. The lowest BCUT2D eigenvalue weighted by Gasteiger charge is -2.23. The Morgan fingerprint density at radius 1 is 1.19 bits per heavy atom. The van der Waals surface area contributed by atoms with E-state index in [4.69, 9.17) is 4.74 Å². The lowest BCUT2D eigenvalue weighted by Crippen LogP contribution is -2.51. The van der Waals surface area contributed by atoms with Crippen LogP contribution < -0.4 is 15.2 Å². The largest absolute Gasteiger partial charge is 0.548 e. The molecule has 5 heteroatoms. The molecule has 1 amide bonds. The summed E-state index contributed by atoms with van der Waals surface area (Å²) in [6.45, 7) is 8.98. The number of aryl methyl sites for hydroxylation is 2. The summed E-state index contributed by atoms with van der Waals surface area (Å²) in [6.07, 6.45) is 0. The summed E-state index contributed by atoms with van der Waals surface area (Å²) in [4.78, 5) is 22.8. The van der Waals surface area contributed by atoms with Gasteiger partial charge in [-0.15, -0.1) is 0 Å². The maximum absolute atomic E-state index is 11.8. The van der Waals surface area contributed by atoms with Gasteiger partial charge in [0.1, 0.15) is 5.75 Å². The van der Waals surface area contributed by atoms with Gasteiger partial charge in [0.05, 0.1) is 12.0 Å². The van der Waals surface area contributed by atoms with Gasteiger partial charge in [0.2, 0.25) is 0 Å². The molecule has 0 aromatic heterocycles. The van der Waals surface area contributed by atoms with Gasteiger partial charge >= 0.3 is 0 Å². The highest BCUT2D eigenvalue weighted by atomic mass is 16.5. The number of rotatable bonds is 6. The number of carboxylic acid groups (broad SMARTS) is 1. The fraction of sp³-hybridized carbons (Fsp3) is 0.500. The molecule has 0 saturated heterocycles. The van der Waals surface area contributed by atoms with E-state index >= 15 is 0 Å². The van der Waals surface area contributed by atoms with Gasteiger partial charge in [-0.1, -0.05) is 26.0 Å². The number of carbonyl (C=O) groups is 2. The summed E-state index contributed by atoms with van der Waals surface area (Å²) in [5.41, 5.74) is 2.99. The van der Waals surface area contributed by atoms with Gasteiger partial charge in [-0.3, -0.25) is 4.79 Å². The Balaban J connectivity index is 2.70. The molecule has 0 radical (unpaired) electrons. The van der Waals surface area contributed by atoms with Crippen LogP contribution in [-0.2, 0) is 9.59 Å². The molecule has 0 aliphatic carbocycles. The number of ether oxygens (including phenoxy) is 1. The molecule has 0 aliphatic rings. The van der Waals surface area contributed by atoms with E-state index in [1.807, 2.05) is 32.9 Å². The molecule has 0 bridgehead atoms. The third kappa shape index (κ3) is 4.48. The summed E-state index contributed by atoms with van der Waals surface area (Å²) >= 11 is 0. The Labute approximate surface area is 125 Å². The van der Waals surface area contributed by atoms with E-state index in [2.05, 4.69) is 5.32 Å². The number of benzene rings is 1. The lowest BCUT2D eigenvalue weighted by atomic mass is 10.0. The summed E-state index contributed by atoms with van der Waals surface area (Å²) in [5.74, 6) is -1.35. The van der Waals surface area contributed by atoms with E-state index in [0.29, 0.717) is 5.75 Å². The van der Waals surface area contributed by atoms with E-state index in [0.717, 1.165) is 16.7 Å². The molecule has 0 saturated carbocycles. The summed E-state index contributed by atoms with van der Waals surface area (Å²) in [5, 5.41) is 13.4. The van der Waals surface area contributed by atoms with Crippen molar-refractivity contribution in [3.63, 3.8) is 0 Å². The minimum Gasteiger partial charge on any atom is -0.548 e. The Morgan fingerprint density at radius 3 is 2.29 bits per heavy atom. The van der Waals surface area contributed by atoms with Crippen LogP contribution in [0.1, 0.15) is 30.5 Å². The second-order valence-corrected chi connectivity index (χ2v) is 5.55. The Hall–Kier alpha value is -2.04. The van der Waals surface area contributed by atoms with Gasteiger partial charge in [0.25, 0.3) is 5.91 Å². The predicted molar refractivity (Wildman–Crippen MR) is 77.9 cm³/mol. The first-order chi connectivity index (χ1) is 9.73. The SMILES string of the molecule is Cc1ccc(C)c(OCC(=O)N[C@@H](C(=O)[O-])C(C)C)c1C. The van der Waals surface area contributed by atoms with Crippen molar-refractivity contribution in [1.29, 1.82) is 0 Å². The van der Waals surface area contributed by atoms with Crippen molar-refractivity contribution in [2.24, 2.45) is 5.92 Å². The molecule has 21 heavy (non-hydrogen) atoms. The maximum Gasteiger partial charge on any atom is 0.258 e. The molecule has 5 nitrogen and oxygen atoms in total. The van der Waals surface area contributed by atoms with Crippen molar-refractivity contribution in [3.05, 3.63) is 28.8 Å². The highest BCUT2D eigenvalue weighted by molar-refractivity contribution is 5.83. The Bertz CT molecular complexity index is 537. The van der Waals surface area contributed by atoms with E-state index in [1.54, 1.807) is 13.8 Å². The fourth-order valence-corrected chi connectivity index (χ4v) is 2.00. The van der Waals surface area contributed by atoms with Gasteiger partial charge in [0, 0.05) is 0 Å². The second-order valence-electron chi connectivity index (χ2n) is 5.55. The monoisotopic (exact) mass is 292 g/mol. The highest BCUT2D eigenvalue weighted by Gasteiger charge is 2.18. The molecule has 116 valence electrons. The fourth-order valence-electron chi connectivity index (χ4n) is 2.00. The molecule has 1 atom stereocenters. The summed E-state index contributed by atoms with van der Waals surface area (Å²) in [6, 6.07) is 2.90. The highest BCUT2D eigenvalue weighted by Crippen LogP contribution is 2.25. The molecular formula is C16H22NO4-. The molecule has 0 unspecified atom stereocenters. The number of amides is 1. The minimum absolute atomic E-state index is 0.221. The normalized spacial score (nSPS) is 12.1. The standard InChI is InChI=1S/C16H23NO4/c1-9(2)14(16(19)20)17-13(18)8-21-15-11(4)7-6-10(3)12(15)5/h6-7,9,14H,8H2,1-5H3,(H,17,18)(H,19,20)/p-1/t14-/m1/s1. The van der Waals surface area contributed by atoms with Gasteiger partial charge in [-0.25, -0.2) is 0 Å². The third-order valence-electron chi connectivity index (χ3n) is 3.46. The van der Waals surface area contributed by atoms with Crippen LogP contribution in [0.2, 0.25) is 0 Å². The maximum atomic E-state index is 11.8. The van der Waals surface area contributed by atoms with Crippen LogP contribution in [0.5, 0.6) is 5.75 Å². The van der Waals surface area contributed by atoms with Crippen molar-refractivity contribution in [3.8, 4) is 5.75 Å². The molecule has 1 aromatic carbocycles. The number of carbonyl (C=O) groups excluding carboxylic acids is 2. The molecule has 1 rings (SSSR count). The summed E-state index contributed by atoms with van der Waals surface area (Å²) < 4.78 is 5.55. The van der Waals surface area contributed by atoms with E-state index in [9.17, 15) is 14.7 Å². The molecule has 0 heterocycles. The van der Waals surface area contributed by atoms with Crippen LogP contribution in [0.25, 0.3) is 0 Å². The van der Waals surface area contributed by atoms with Gasteiger partial charge in [-0.05, 0) is 43.4 Å². The lowest BCUT2D eigenvalue weighted by molar-refractivity contribution is -0.309. The van der Waals surface area contributed by atoms with Crippen LogP contribution in [0.15, 0.2) is 12.1 Å². The van der Waals surface area contributed by atoms with Crippen molar-refractivity contribution in [2.45, 2.75) is 40.7 Å². The first-order valence-electron chi connectivity index (χ1n) is 6.93. The van der Waals surface area contributed by atoms with Crippen molar-refractivity contribution in [2.75, 3.05) is 6.61 Å². The van der Waals surface area contributed by atoms with Crippen LogP contribution in [0, 0.1) is 26.7 Å². The van der Waals surface area contributed by atoms with Crippen molar-refractivity contribution >= 4 is 11.9 Å². The average molecular weight is 292 g/mol. The molecule has 0 fully saturated rings. The van der Waals surface area contributed by atoms with Crippen LogP contribution in [-0.4, -0.2) is 24.5 Å².